The van der Waals surface area contributed by atoms with E-state index in [1.807, 2.05) is 0 Å². The molecular weight excluding hydrogens is 308 g/mol. The molecule has 1 saturated heterocycles. The molecule has 1 spiro atoms. The van der Waals surface area contributed by atoms with Gasteiger partial charge in [0.2, 0.25) is 11.2 Å². The van der Waals surface area contributed by atoms with Crippen molar-refractivity contribution >= 4 is 16.8 Å². The monoisotopic (exact) mass is 322 g/mol. The zero-order valence-electron chi connectivity index (χ0n) is 11.1. The summed E-state index contributed by atoms with van der Waals surface area (Å²) in [5.74, 6) is -1.49. The third-order valence-corrected chi connectivity index (χ3v) is 4.53. The molecule has 0 unspecified atom stereocenters. The molecule has 0 N–H and O–H groups in total. The average molecular weight is 322 g/mol. The second kappa shape index (κ2) is 5.30. The van der Waals surface area contributed by atoms with Gasteiger partial charge < -0.3 is 9.47 Å². The molecule has 1 aromatic carbocycles. The first-order valence-electron chi connectivity index (χ1n) is 6.58. The van der Waals surface area contributed by atoms with Crippen LogP contribution in [-0.4, -0.2) is 19.0 Å². The minimum absolute atomic E-state index is 0.294. The maximum atomic E-state index is 13.4. The molecular formula is C14H14F4O2S. The van der Waals surface area contributed by atoms with Gasteiger partial charge in [0.25, 0.3) is 0 Å². The van der Waals surface area contributed by atoms with Gasteiger partial charge in [-0.2, -0.15) is 0 Å². The highest BCUT2D eigenvalue weighted by atomic mass is 32.3. The van der Waals surface area contributed by atoms with E-state index in [0.717, 1.165) is 12.1 Å². The van der Waals surface area contributed by atoms with Gasteiger partial charge in [-0.25, -0.2) is 4.39 Å². The molecule has 7 heteroatoms. The van der Waals surface area contributed by atoms with Gasteiger partial charge in [-0.3, -0.25) is 0 Å². The summed E-state index contributed by atoms with van der Waals surface area (Å²) in [5.41, 5.74) is 1.01. The number of halogens is 4. The second-order valence-electron chi connectivity index (χ2n) is 5.12. The molecule has 0 atom stereocenters. The van der Waals surface area contributed by atoms with Crippen molar-refractivity contribution in [3.63, 3.8) is 0 Å². The second-order valence-corrected chi connectivity index (χ2v) is 6.41. The van der Waals surface area contributed by atoms with Crippen molar-refractivity contribution in [3.8, 4) is 0 Å². The van der Waals surface area contributed by atoms with Crippen LogP contribution in [0.3, 0.4) is 0 Å². The molecule has 1 aliphatic heterocycles. The fourth-order valence-corrected chi connectivity index (χ4v) is 3.22. The number of hydrogen-bond donors (Lipinski definition) is 0. The van der Waals surface area contributed by atoms with Gasteiger partial charge in [0, 0.05) is 12.8 Å². The van der Waals surface area contributed by atoms with Crippen LogP contribution in [0.5, 0.6) is 0 Å². The summed E-state index contributed by atoms with van der Waals surface area (Å²) < 4.78 is 63.0. The van der Waals surface area contributed by atoms with Crippen molar-refractivity contribution in [2.24, 2.45) is 0 Å². The van der Waals surface area contributed by atoms with Crippen LogP contribution < -0.4 is 0 Å². The van der Waals surface area contributed by atoms with Crippen LogP contribution in [0.15, 0.2) is 29.2 Å². The number of rotatable bonds is 2. The van der Waals surface area contributed by atoms with E-state index in [1.54, 1.807) is 6.08 Å². The maximum Gasteiger partial charge on any atom is 0.237 e. The first-order chi connectivity index (χ1) is 9.88. The average Bonchev–Trinajstić information content (AvgIpc) is 2.86. The van der Waals surface area contributed by atoms with Crippen LogP contribution in [0.4, 0.5) is 16.0 Å². The summed E-state index contributed by atoms with van der Waals surface area (Å²) in [6, 6.07) is 2.72. The lowest BCUT2D eigenvalue weighted by Gasteiger charge is -2.30. The first-order valence-corrected chi connectivity index (χ1v) is 7.92. The quantitative estimate of drug-likeness (QED) is 0.717. The van der Waals surface area contributed by atoms with E-state index in [1.165, 1.54) is 0 Å². The summed E-state index contributed by atoms with van der Waals surface area (Å²) in [6.45, 7) is 1.06. The van der Waals surface area contributed by atoms with Crippen molar-refractivity contribution in [1.82, 2.24) is 0 Å². The highest BCUT2D eigenvalue weighted by molar-refractivity contribution is 8.20. The molecule has 1 aromatic rings. The zero-order valence-corrected chi connectivity index (χ0v) is 11.9. The van der Waals surface area contributed by atoms with Crippen molar-refractivity contribution in [3.05, 3.63) is 35.7 Å². The van der Waals surface area contributed by atoms with Gasteiger partial charge in [-0.1, -0.05) is 6.08 Å². The smallest absolute Gasteiger partial charge is 0.237 e. The Bertz CT molecular complexity index is 577. The number of hydrogen-bond acceptors (Lipinski definition) is 2. The van der Waals surface area contributed by atoms with E-state index in [-0.39, 0.29) is 0 Å². The fourth-order valence-electron chi connectivity index (χ4n) is 2.71. The summed E-state index contributed by atoms with van der Waals surface area (Å²) in [4.78, 5) is -0.882. The van der Waals surface area contributed by atoms with E-state index in [0.29, 0.717) is 49.7 Å². The van der Waals surface area contributed by atoms with Gasteiger partial charge >= 0.3 is 0 Å². The van der Waals surface area contributed by atoms with E-state index >= 15 is 0 Å². The van der Waals surface area contributed by atoms with Crippen molar-refractivity contribution in [2.45, 2.75) is 29.9 Å². The molecule has 116 valence electrons. The van der Waals surface area contributed by atoms with Crippen LogP contribution in [-0.2, 0) is 9.47 Å². The standard InChI is InChI=1S/C14H14F4O2S/c15-12-7-11(8-13(9-12)21(16,17)18)10-1-3-14(4-2-10)19-5-6-20-14/h1,7-9H,2-6H2. The normalized spacial score (nSPS) is 22.4. The largest absolute Gasteiger partial charge is 0.347 e. The number of benzene rings is 1. The van der Waals surface area contributed by atoms with Gasteiger partial charge in [-0.15, -0.1) is 11.7 Å². The van der Waals surface area contributed by atoms with E-state index < -0.39 is 27.7 Å². The lowest BCUT2D eigenvalue weighted by atomic mass is 9.90. The van der Waals surface area contributed by atoms with Crippen LogP contribution in [0.2, 0.25) is 0 Å². The SMILES string of the molecule is Fc1cc(C2=CCC3(CC2)OCCO3)cc(S(F)(F)F)c1. The Morgan fingerprint density at radius 1 is 1.05 bits per heavy atom. The molecule has 0 aromatic heterocycles. The Balaban J connectivity index is 1.88. The van der Waals surface area contributed by atoms with E-state index in [4.69, 9.17) is 9.47 Å². The van der Waals surface area contributed by atoms with Crippen LogP contribution in [0.1, 0.15) is 24.8 Å². The Labute approximate surface area is 121 Å². The molecule has 0 amide bonds. The zero-order chi connectivity index (χ0) is 15.1. The summed E-state index contributed by atoms with van der Waals surface area (Å²) in [6.07, 6.45) is 3.35. The molecule has 1 heterocycles. The lowest BCUT2D eigenvalue weighted by Crippen LogP contribution is -2.31. The third kappa shape index (κ3) is 3.09. The molecule has 1 fully saturated rings. The molecule has 1 aliphatic carbocycles. The fraction of sp³-hybridized carbons (Fsp3) is 0.429. The molecule has 0 bridgehead atoms. The van der Waals surface area contributed by atoms with Crippen molar-refractivity contribution in [1.29, 1.82) is 0 Å². The van der Waals surface area contributed by atoms with E-state index in [9.17, 15) is 16.0 Å². The predicted octanol–water partition coefficient (Wildman–Crippen LogP) is 4.95. The Morgan fingerprint density at radius 2 is 1.76 bits per heavy atom. The van der Waals surface area contributed by atoms with Crippen molar-refractivity contribution in [2.75, 3.05) is 13.2 Å². The summed E-state index contributed by atoms with van der Waals surface area (Å²) in [7, 11) is 0. The first kappa shape index (κ1) is 14.9. The molecule has 2 aliphatic rings. The highest BCUT2D eigenvalue weighted by Gasteiger charge is 2.38. The Hall–Kier alpha value is -1.05. The van der Waals surface area contributed by atoms with Crippen LogP contribution in [0, 0.1) is 5.82 Å². The van der Waals surface area contributed by atoms with E-state index in [2.05, 4.69) is 0 Å². The minimum Gasteiger partial charge on any atom is -0.347 e. The van der Waals surface area contributed by atoms with Gasteiger partial charge in [0.05, 0.1) is 18.1 Å². The summed E-state index contributed by atoms with van der Waals surface area (Å²) in [5, 5.41) is 0. The minimum atomic E-state index is -5.43. The van der Waals surface area contributed by atoms with Crippen LogP contribution in [0.25, 0.3) is 5.57 Å². The van der Waals surface area contributed by atoms with Gasteiger partial charge in [-0.05, 0) is 35.8 Å². The lowest BCUT2D eigenvalue weighted by molar-refractivity contribution is -0.159. The Kier molecular flexibility index (Phi) is 3.75. The molecule has 0 radical (unpaired) electrons. The predicted molar refractivity (Wildman–Crippen MR) is 72.0 cm³/mol. The number of allylic oxidation sites excluding steroid dienone is 1. The topological polar surface area (TPSA) is 18.5 Å². The highest BCUT2D eigenvalue weighted by Crippen LogP contribution is 2.61. The molecule has 3 rings (SSSR count). The van der Waals surface area contributed by atoms with Crippen molar-refractivity contribution < 1.29 is 25.5 Å². The number of ether oxygens (including phenoxy) is 2. The molecule has 0 saturated carbocycles. The summed E-state index contributed by atoms with van der Waals surface area (Å²) >= 11 is -5.43. The molecule has 21 heavy (non-hydrogen) atoms. The van der Waals surface area contributed by atoms with Gasteiger partial charge in [0.15, 0.2) is 5.79 Å². The molecule has 2 nitrogen and oxygen atoms in total. The third-order valence-electron chi connectivity index (χ3n) is 3.76. The van der Waals surface area contributed by atoms with Crippen LogP contribution >= 0.6 is 11.2 Å². The Morgan fingerprint density at radius 3 is 2.33 bits per heavy atom. The maximum absolute atomic E-state index is 13.4. The van der Waals surface area contributed by atoms with Gasteiger partial charge in [0.1, 0.15) is 5.82 Å².